The molecular weight excluding hydrogens is 290 g/mol. The molecule has 1 aliphatic heterocycles. The van der Waals surface area contributed by atoms with Crippen LogP contribution in [0.25, 0.3) is 0 Å². The van der Waals surface area contributed by atoms with E-state index in [1.54, 1.807) is 14.2 Å². The first-order valence-electron chi connectivity index (χ1n) is 7.90. The fourth-order valence-corrected chi connectivity index (χ4v) is 3.13. The second-order valence-electron chi connectivity index (χ2n) is 5.58. The van der Waals surface area contributed by atoms with Crippen molar-refractivity contribution >= 4 is 0 Å². The molecule has 2 aromatic rings. The van der Waals surface area contributed by atoms with E-state index in [2.05, 4.69) is 33.4 Å². The Morgan fingerprint density at radius 3 is 2.43 bits per heavy atom. The number of nitrogens with zero attached hydrogens (tertiary/aromatic N) is 2. The number of piperazine rings is 1. The second kappa shape index (κ2) is 7.44. The van der Waals surface area contributed by atoms with Crippen LogP contribution in [0.15, 0.2) is 42.7 Å². The third kappa shape index (κ3) is 3.46. The number of pyridine rings is 1. The monoisotopic (exact) mass is 313 g/mol. The van der Waals surface area contributed by atoms with Gasteiger partial charge >= 0.3 is 0 Å². The summed E-state index contributed by atoms with van der Waals surface area (Å²) < 4.78 is 11.1. The van der Waals surface area contributed by atoms with E-state index in [1.165, 1.54) is 5.56 Å². The Bertz CT molecular complexity index is 627. The maximum Gasteiger partial charge on any atom is 0.124 e. The van der Waals surface area contributed by atoms with Crippen LogP contribution in [0.4, 0.5) is 0 Å². The lowest BCUT2D eigenvalue weighted by Gasteiger charge is -2.36. The first-order chi connectivity index (χ1) is 11.3. The van der Waals surface area contributed by atoms with Crippen LogP contribution < -0.4 is 14.8 Å². The van der Waals surface area contributed by atoms with Crippen molar-refractivity contribution in [2.24, 2.45) is 0 Å². The SMILES string of the molecule is COc1ccc(OC)c(C(c2ccncc2)N2CCNCC2)c1. The molecule has 23 heavy (non-hydrogen) atoms. The van der Waals surface area contributed by atoms with Crippen LogP contribution in [0, 0.1) is 0 Å². The lowest BCUT2D eigenvalue weighted by molar-refractivity contribution is 0.195. The summed E-state index contributed by atoms with van der Waals surface area (Å²) in [6.45, 7) is 3.97. The van der Waals surface area contributed by atoms with Crippen molar-refractivity contribution in [3.8, 4) is 11.5 Å². The van der Waals surface area contributed by atoms with E-state index in [0.29, 0.717) is 0 Å². The summed E-state index contributed by atoms with van der Waals surface area (Å²) in [5.41, 5.74) is 2.34. The van der Waals surface area contributed by atoms with Crippen molar-refractivity contribution in [1.29, 1.82) is 0 Å². The highest BCUT2D eigenvalue weighted by Crippen LogP contribution is 2.36. The molecular formula is C18H23N3O2. The normalized spacial score (nSPS) is 16.8. The molecule has 1 saturated heterocycles. The summed E-state index contributed by atoms with van der Waals surface area (Å²) >= 11 is 0. The van der Waals surface area contributed by atoms with Gasteiger partial charge in [-0.25, -0.2) is 0 Å². The molecule has 1 atom stereocenters. The molecule has 122 valence electrons. The van der Waals surface area contributed by atoms with Crippen LogP contribution in [0.3, 0.4) is 0 Å². The average molecular weight is 313 g/mol. The topological polar surface area (TPSA) is 46.6 Å². The minimum absolute atomic E-state index is 0.130. The van der Waals surface area contributed by atoms with Crippen molar-refractivity contribution in [3.63, 3.8) is 0 Å². The number of methoxy groups -OCH3 is 2. The molecule has 0 spiro atoms. The summed E-state index contributed by atoms with van der Waals surface area (Å²) in [6.07, 6.45) is 3.69. The molecule has 1 aromatic carbocycles. The fourth-order valence-electron chi connectivity index (χ4n) is 3.13. The van der Waals surface area contributed by atoms with Crippen molar-refractivity contribution in [2.45, 2.75) is 6.04 Å². The molecule has 1 N–H and O–H groups in total. The predicted octanol–water partition coefficient (Wildman–Crippen LogP) is 2.09. The van der Waals surface area contributed by atoms with Gasteiger partial charge in [-0.05, 0) is 35.9 Å². The highest BCUT2D eigenvalue weighted by Gasteiger charge is 2.26. The maximum atomic E-state index is 5.62. The highest BCUT2D eigenvalue weighted by atomic mass is 16.5. The van der Waals surface area contributed by atoms with Gasteiger partial charge in [-0.1, -0.05) is 0 Å². The molecule has 5 nitrogen and oxygen atoms in total. The van der Waals surface area contributed by atoms with Crippen molar-refractivity contribution < 1.29 is 9.47 Å². The molecule has 1 unspecified atom stereocenters. The zero-order chi connectivity index (χ0) is 16.1. The van der Waals surface area contributed by atoms with Gasteiger partial charge in [0.15, 0.2) is 0 Å². The zero-order valence-electron chi connectivity index (χ0n) is 13.7. The molecule has 2 heterocycles. The second-order valence-corrected chi connectivity index (χ2v) is 5.58. The lowest BCUT2D eigenvalue weighted by Crippen LogP contribution is -2.45. The Morgan fingerprint density at radius 1 is 1.04 bits per heavy atom. The van der Waals surface area contributed by atoms with Gasteiger partial charge in [0.1, 0.15) is 11.5 Å². The summed E-state index contributed by atoms with van der Waals surface area (Å²) in [7, 11) is 3.41. The van der Waals surface area contributed by atoms with E-state index < -0.39 is 0 Å². The maximum absolute atomic E-state index is 5.62. The van der Waals surface area contributed by atoms with Crippen LogP contribution >= 0.6 is 0 Å². The van der Waals surface area contributed by atoms with Gasteiger partial charge < -0.3 is 14.8 Å². The van der Waals surface area contributed by atoms with Gasteiger partial charge in [-0.3, -0.25) is 9.88 Å². The van der Waals surface area contributed by atoms with Gasteiger partial charge in [0.05, 0.1) is 20.3 Å². The molecule has 0 bridgehead atoms. The van der Waals surface area contributed by atoms with Gasteiger partial charge in [0.2, 0.25) is 0 Å². The largest absolute Gasteiger partial charge is 0.497 e. The molecule has 5 heteroatoms. The lowest BCUT2D eigenvalue weighted by atomic mass is 9.96. The Morgan fingerprint density at radius 2 is 1.78 bits per heavy atom. The van der Waals surface area contributed by atoms with Crippen LogP contribution in [0.5, 0.6) is 11.5 Å². The van der Waals surface area contributed by atoms with Crippen LogP contribution in [0.1, 0.15) is 17.2 Å². The molecule has 0 aliphatic carbocycles. The number of hydrogen-bond donors (Lipinski definition) is 1. The Hall–Kier alpha value is -2.11. The van der Waals surface area contributed by atoms with E-state index in [1.807, 2.05) is 24.5 Å². The van der Waals surface area contributed by atoms with Gasteiger partial charge in [0, 0.05) is 44.1 Å². The average Bonchev–Trinajstić information content (AvgIpc) is 2.63. The molecule has 1 aromatic heterocycles. The first-order valence-corrected chi connectivity index (χ1v) is 7.90. The highest BCUT2D eigenvalue weighted by molar-refractivity contribution is 5.46. The smallest absolute Gasteiger partial charge is 0.124 e. The molecule has 0 amide bonds. The predicted molar refractivity (Wildman–Crippen MR) is 90.1 cm³/mol. The summed E-state index contributed by atoms with van der Waals surface area (Å²) in [5, 5.41) is 3.41. The molecule has 1 aliphatic rings. The number of nitrogens with one attached hydrogen (secondary N) is 1. The number of aromatic nitrogens is 1. The Balaban J connectivity index is 2.07. The molecule has 0 saturated carbocycles. The molecule has 3 rings (SSSR count). The summed E-state index contributed by atoms with van der Waals surface area (Å²) in [6, 6.07) is 10.3. The van der Waals surface area contributed by atoms with E-state index >= 15 is 0 Å². The molecule has 1 fully saturated rings. The third-order valence-corrected chi connectivity index (χ3v) is 4.27. The summed E-state index contributed by atoms with van der Waals surface area (Å²) in [4.78, 5) is 6.63. The van der Waals surface area contributed by atoms with E-state index in [-0.39, 0.29) is 6.04 Å². The first kappa shape index (κ1) is 15.8. The summed E-state index contributed by atoms with van der Waals surface area (Å²) in [5.74, 6) is 1.72. The molecule has 0 radical (unpaired) electrons. The quantitative estimate of drug-likeness (QED) is 0.916. The number of benzene rings is 1. The van der Waals surface area contributed by atoms with E-state index in [9.17, 15) is 0 Å². The number of ether oxygens (including phenoxy) is 2. The minimum atomic E-state index is 0.130. The standard InChI is InChI=1S/C18H23N3O2/c1-22-15-3-4-17(23-2)16(13-15)18(14-5-7-19-8-6-14)21-11-9-20-10-12-21/h3-8,13,18,20H,9-12H2,1-2H3. The van der Waals surface area contributed by atoms with E-state index in [0.717, 1.165) is 43.2 Å². The van der Waals surface area contributed by atoms with Gasteiger partial charge in [0.25, 0.3) is 0 Å². The minimum Gasteiger partial charge on any atom is -0.497 e. The Labute approximate surface area is 137 Å². The van der Waals surface area contributed by atoms with Crippen LogP contribution in [0.2, 0.25) is 0 Å². The van der Waals surface area contributed by atoms with Crippen LogP contribution in [-0.2, 0) is 0 Å². The van der Waals surface area contributed by atoms with Gasteiger partial charge in [-0.15, -0.1) is 0 Å². The number of rotatable bonds is 5. The van der Waals surface area contributed by atoms with Crippen molar-refractivity contribution in [3.05, 3.63) is 53.9 Å². The van der Waals surface area contributed by atoms with Crippen LogP contribution in [-0.4, -0.2) is 50.3 Å². The van der Waals surface area contributed by atoms with Crippen molar-refractivity contribution in [1.82, 2.24) is 15.2 Å². The van der Waals surface area contributed by atoms with Crippen molar-refractivity contribution in [2.75, 3.05) is 40.4 Å². The number of hydrogen-bond acceptors (Lipinski definition) is 5. The van der Waals surface area contributed by atoms with Gasteiger partial charge in [-0.2, -0.15) is 0 Å². The van der Waals surface area contributed by atoms with E-state index in [4.69, 9.17) is 9.47 Å². The third-order valence-electron chi connectivity index (χ3n) is 4.27. The fraction of sp³-hybridized carbons (Fsp3) is 0.389. The Kier molecular flexibility index (Phi) is 5.10. The zero-order valence-corrected chi connectivity index (χ0v) is 13.7.